The van der Waals surface area contributed by atoms with E-state index in [0.29, 0.717) is 5.69 Å². The van der Waals surface area contributed by atoms with Crippen LogP contribution in [0.25, 0.3) is 6.08 Å². The fourth-order valence-corrected chi connectivity index (χ4v) is 3.62. The fourth-order valence-electron chi connectivity index (χ4n) is 2.53. The van der Waals surface area contributed by atoms with E-state index in [2.05, 4.69) is 5.32 Å². The number of hydrogen-bond acceptors (Lipinski definition) is 4. The van der Waals surface area contributed by atoms with E-state index in [1.54, 1.807) is 6.08 Å². The fraction of sp³-hybridized carbons (Fsp3) is 0.167. The van der Waals surface area contributed by atoms with Gasteiger partial charge < -0.3 is 0 Å². The summed E-state index contributed by atoms with van der Waals surface area (Å²) >= 11 is 6.77. The molecule has 122 valence electrons. The number of thiophene rings is 1. The maximum absolute atomic E-state index is 12.9. The second-order valence-corrected chi connectivity index (χ2v) is 7.33. The third-order valence-corrected chi connectivity index (χ3v) is 5.20. The topological polar surface area (TPSA) is 49.4 Å². The minimum absolute atomic E-state index is 0.0892. The van der Waals surface area contributed by atoms with Crippen molar-refractivity contribution in [1.29, 1.82) is 0 Å². The highest BCUT2D eigenvalue weighted by Crippen LogP contribution is 2.28. The van der Waals surface area contributed by atoms with Gasteiger partial charge in [-0.05, 0) is 68.4 Å². The summed E-state index contributed by atoms with van der Waals surface area (Å²) < 4.78 is 0. The Bertz CT molecular complexity index is 896. The molecule has 0 unspecified atom stereocenters. The number of thiocarbonyl (C=S) groups is 1. The highest BCUT2D eigenvalue weighted by atomic mass is 32.1. The number of nitrogens with one attached hydrogen (secondary N) is 1. The first-order valence-corrected chi connectivity index (χ1v) is 8.65. The van der Waals surface area contributed by atoms with Crippen molar-refractivity contribution in [2.45, 2.75) is 20.8 Å². The molecule has 24 heavy (non-hydrogen) atoms. The van der Waals surface area contributed by atoms with Gasteiger partial charge in [-0.2, -0.15) is 0 Å². The van der Waals surface area contributed by atoms with E-state index in [1.807, 2.05) is 51.1 Å². The molecule has 2 amide bonds. The van der Waals surface area contributed by atoms with Gasteiger partial charge in [-0.25, -0.2) is 0 Å². The molecular weight excluding hydrogens is 340 g/mol. The third-order valence-electron chi connectivity index (χ3n) is 3.97. The zero-order valence-electron chi connectivity index (χ0n) is 13.5. The second-order valence-electron chi connectivity index (χ2n) is 5.63. The number of amides is 2. The number of hydrogen-bond donors (Lipinski definition) is 1. The Morgan fingerprint density at radius 1 is 1.12 bits per heavy atom. The molecule has 0 aliphatic carbocycles. The first kappa shape index (κ1) is 16.5. The molecule has 0 radical (unpaired) electrons. The van der Waals surface area contributed by atoms with Crippen LogP contribution >= 0.6 is 23.6 Å². The maximum Gasteiger partial charge on any atom is 0.270 e. The lowest BCUT2D eigenvalue weighted by Gasteiger charge is -2.30. The minimum atomic E-state index is -0.461. The molecule has 0 atom stereocenters. The Hall–Kier alpha value is -2.31. The Kier molecular flexibility index (Phi) is 4.34. The SMILES string of the molecule is Cc1ccc(/C=C2\C(=O)NC(=S)N(c3cccc(C)c3C)C2=O)s1. The summed E-state index contributed by atoms with van der Waals surface area (Å²) in [5.74, 6) is -0.860. The maximum atomic E-state index is 12.9. The van der Waals surface area contributed by atoms with Crippen LogP contribution in [-0.2, 0) is 9.59 Å². The van der Waals surface area contributed by atoms with Gasteiger partial charge in [0.15, 0.2) is 5.11 Å². The van der Waals surface area contributed by atoms with E-state index in [-0.39, 0.29) is 10.7 Å². The van der Waals surface area contributed by atoms with Crippen LogP contribution < -0.4 is 10.2 Å². The normalized spacial score (nSPS) is 16.7. The van der Waals surface area contributed by atoms with Crippen molar-refractivity contribution in [2.75, 3.05) is 4.90 Å². The molecule has 1 N–H and O–H groups in total. The van der Waals surface area contributed by atoms with Gasteiger partial charge in [-0.1, -0.05) is 12.1 Å². The van der Waals surface area contributed by atoms with E-state index < -0.39 is 11.8 Å². The number of rotatable bonds is 2. The summed E-state index contributed by atoms with van der Waals surface area (Å²) in [4.78, 5) is 28.6. The monoisotopic (exact) mass is 356 g/mol. The zero-order valence-corrected chi connectivity index (χ0v) is 15.2. The molecule has 0 bridgehead atoms. The van der Waals surface area contributed by atoms with Gasteiger partial charge in [0.05, 0.1) is 5.69 Å². The second kappa shape index (κ2) is 6.30. The predicted molar refractivity (Wildman–Crippen MR) is 101 cm³/mol. The van der Waals surface area contributed by atoms with Crippen molar-refractivity contribution in [3.05, 3.63) is 56.8 Å². The summed E-state index contributed by atoms with van der Waals surface area (Å²) in [5, 5.41) is 2.73. The van der Waals surface area contributed by atoms with Crippen LogP contribution in [0.2, 0.25) is 0 Å². The van der Waals surface area contributed by atoms with E-state index in [4.69, 9.17) is 12.2 Å². The standard InChI is InChI=1S/C18H16N2O2S2/c1-10-5-4-6-15(12(10)3)20-17(22)14(16(21)19-18(20)23)9-13-8-7-11(2)24-13/h4-9H,1-3H3,(H,19,21,23)/b14-9+. The van der Waals surface area contributed by atoms with Gasteiger partial charge in [0, 0.05) is 9.75 Å². The third kappa shape index (κ3) is 2.90. The average molecular weight is 356 g/mol. The largest absolute Gasteiger partial charge is 0.298 e. The molecule has 3 rings (SSSR count). The molecule has 2 aromatic rings. The molecule has 1 aliphatic heterocycles. The van der Waals surface area contributed by atoms with Gasteiger partial charge in [0.1, 0.15) is 5.57 Å². The van der Waals surface area contributed by atoms with Crippen molar-refractivity contribution < 1.29 is 9.59 Å². The molecule has 0 spiro atoms. The number of carbonyl (C=O) groups excluding carboxylic acids is 2. The van der Waals surface area contributed by atoms with E-state index in [0.717, 1.165) is 20.9 Å². The molecule has 1 aliphatic rings. The molecule has 1 fully saturated rings. The van der Waals surface area contributed by atoms with Crippen molar-refractivity contribution in [2.24, 2.45) is 0 Å². The lowest BCUT2D eigenvalue weighted by molar-refractivity contribution is -0.122. The van der Waals surface area contributed by atoms with Crippen LogP contribution in [0.4, 0.5) is 5.69 Å². The summed E-state index contributed by atoms with van der Waals surface area (Å²) in [7, 11) is 0. The highest BCUT2D eigenvalue weighted by Gasteiger charge is 2.35. The van der Waals surface area contributed by atoms with Gasteiger partial charge in [-0.15, -0.1) is 11.3 Å². The summed E-state index contributed by atoms with van der Waals surface area (Å²) in [6.07, 6.45) is 1.62. The van der Waals surface area contributed by atoms with Crippen molar-refractivity contribution in [3.63, 3.8) is 0 Å². The molecule has 1 aromatic carbocycles. The van der Waals surface area contributed by atoms with Crippen LogP contribution in [-0.4, -0.2) is 16.9 Å². The predicted octanol–water partition coefficient (Wildman–Crippen LogP) is 3.50. The Balaban J connectivity index is 2.06. The number of anilines is 1. The van der Waals surface area contributed by atoms with Gasteiger partial charge in [-0.3, -0.25) is 19.8 Å². The molecule has 1 aromatic heterocycles. The van der Waals surface area contributed by atoms with Gasteiger partial charge in [0.25, 0.3) is 11.8 Å². The van der Waals surface area contributed by atoms with Crippen molar-refractivity contribution >= 4 is 52.2 Å². The van der Waals surface area contributed by atoms with Crippen LogP contribution in [0.15, 0.2) is 35.9 Å². The van der Waals surface area contributed by atoms with E-state index >= 15 is 0 Å². The first-order valence-electron chi connectivity index (χ1n) is 7.42. The molecule has 6 heteroatoms. The van der Waals surface area contributed by atoms with Crippen LogP contribution in [0.1, 0.15) is 20.9 Å². The summed E-state index contributed by atoms with van der Waals surface area (Å²) in [6.45, 7) is 5.88. The number of aryl methyl sites for hydroxylation is 2. The lowest BCUT2D eigenvalue weighted by atomic mass is 10.1. The molecule has 2 heterocycles. The summed E-state index contributed by atoms with van der Waals surface area (Å²) in [6, 6.07) is 9.52. The Morgan fingerprint density at radius 3 is 2.54 bits per heavy atom. The van der Waals surface area contributed by atoms with Gasteiger partial charge in [0.2, 0.25) is 0 Å². The molecule has 4 nitrogen and oxygen atoms in total. The van der Waals surface area contributed by atoms with Crippen LogP contribution in [0.5, 0.6) is 0 Å². The Labute approximate surface area is 149 Å². The first-order chi connectivity index (χ1) is 11.4. The minimum Gasteiger partial charge on any atom is -0.298 e. The zero-order chi connectivity index (χ0) is 17.4. The average Bonchev–Trinajstić information content (AvgIpc) is 2.93. The number of carbonyl (C=O) groups is 2. The molecule has 1 saturated heterocycles. The molecule has 0 saturated carbocycles. The lowest BCUT2D eigenvalue weighted by Crippen LogP contribution is -2.54. The number of nitrogens with zero attached hydrogens (tertiary/aromatic N) is 1. The van der Waals surface area contributed by atoms with E-state index in [9.17, 15) is 9.59 Å². The van der Waals surface area contributed by atoms with Crippen LogP contribution in [0, 0.1) is 20.8 Å². The van der Waals surface area contributed by atoms with Crippen molar-refractivity contribution in [1.82, 2.24) is 5.32 Å². The Morgan fingerprint density at radius 2 is 1.88 bits per heavy atom. The quantitative estimate of drug-likeness (QED) is 0.509. The highest BCUT2D eigenvalue weighted by molar-refractivity contribution is 7.80. The van der Waals surface area contributed by atoms with Crippen LogP contribution in [0.3, 0.4) is 0 Å². The van der Waals surface area contributed by atoms with Gasteiger partial charge >= 0.3 is 0 Å². The summed E-state index contributed by atoms with van der Waals surface area (Å²) in [5.41, 5.74) is 2.79. The molecular formula is C18H16N2O2S2. The van der Waals surface area contributed by atoms with Crippen molar-refractivity contribution in [3.8, 4) is 0 Å². The smallest absolute Gasteiger partial charge is 0.270 e. The van der Waals surface area contributed by atoms with E-state index in [1.165, 1.54) is 16.2 Å². The number of benzene rings is 1.